The highest BCUT2D eigenvalue weighted by atomic mass is 16.5. The second-order valence-electron chi connectivity index (χ2n) is 4.73. The van der Waals surface area contributed by atoms with E-state index in [1.54, 1.807) is 0 Å². The first-order valence-electron chi connectivity index (χ1n) is 5.65. The van der Waals surface area contributed by atoms with E-state index in [1.807, 2.05) is 0 Å². The van der Waals surface area contributed by atoms with Gasteiger partial charge in [-0.15, -0.1) is 0 Å². The minimum absolute atomic E-state index is 0.0181. The van der Waals surface area contributed by atoms with Gasteiger partial charge in [0.15, 0.2) is 6.10 Å². The van der Waals surface area contributed by atoms with Crippen molar-refractivity contribution in [1.82, 2.24) is 5.32 Å². The van der Waals surface area contributed by atoms with Crippen molar-refractivity contribution >= 4 is 11.9 Å². The largest absolute Gasteiger partial charge is 0.479 e. The van der Waals surface area contributed by atoms with Gasteiger partial charge in [-0.2, -0.15) is 0 Å². The molecular formula is C11H17NO4. The van der Waals surface area contributed by atoms with Crippen LogP contribution in [0, 0.1) is 17.8 Å². The van der Waals surface area contributed by atoms with E-state index >= 15 is 0 Å². The summed E-state index contributed by atoms with van der Waals surface area (Å²) in [5.74, 6) is 0.546. The fourth-order valence-electron chi connectivity index (χ4n) is 2.54. The van der Waals surface area contributed by atoms with Crippen molar-refractivity contribution in [3.8, 4) is 0 Å². The van der Waals surface area contributed by atoms with Crippen LogP contribution in [-0.4, -0.2) is 36.7 Å². The molecule has 3 atom stereocenters. The van der Waals surface area contributed by atoms with E-state index in [0.717, 1.165) is 24.7 Å². The molecule has 0 heterocycles. The van der Waals surface area contributed by atoms with Crippen LogP contribution in [0.3, 0.4) is 0 Å². The van der Waals surface area contributed by atoms with Crippen LogP contribution in [-0.2, 0) is 14.3 Å². The van der Waals surface area contributed by atoms with Gasteiger partial charge in [0.25, 0.3) is 0 Å². The number of hydrogen-bond acceptors (Lipinski definition) is 3. The van der Waals surface area contributed by atoms with Crippen molar-refractivity contribution in [2.24, 2.45) is 17.8 Å². The molecule has 0 aliphatic heterocycles. The van der Waals surface area contributed by atoms with Gasteiger partial charge in [0, 0.05) is 13.0 Å². The van der Waals surface area contributed by atoms with E-state index in [-0.39, 0.29) is 18.4 Å². The van der Waals surface area contributed by atoms with Crippen molar-refractivity contribution < 1.29 is 19.4 Å². The number of ether oxygens (including phenoxy) is 1. The van der Waals surface area contributed by atoms with Crippen molar-refractivity contribution in [2.45, 2.75) is 25.4 Å². The summed E-state index contributed by atoms with van der Waals surface area (Å²) < 4.78 is 4.74. The minimum Gasteiger partial charge on any atom is -0.479 e. The molecule has 0 aromatic heterocycles. The predicted octanol–water partition coefficient (Wildman–Crippen LogP) is 0.248. The molecule has 2 N–H and O–H groups in total. The number of aliphatic carboxylic acids is 1. The first-order valence-corrected chi connectivity index (χ1v) is 5.65. The lowest BCUT2D eigenvalue weighted by molar-refractivity contribution is -0.148. The van der Waals surface area contributed by atoms with Crippen LogP contribution in [0.1, 0.15) is 19.3 Å². The first kappa shape index (κ1) is 11.4. The molecule has 0 spiro atoms. The number of fused-ring (bicyclic) bond motifs is 1. The molecule has 5 nitrogen and oxygen atoms in total. The van der Waals surface area contributed by atoms with E-state index in [1.165, 1.54) is 13.5 Å². The third-order valence-electron chi connectivity index (χ3n) is 3.64. The number of carbonyl (C=O) groups excluding carboxylic acids is 1. The molecule has 90 valence electrons. The molecule has 2 aliphatic rings. The summed E-state index contributed by atoms with van der Waals surface area (Å²) in [4.78, 5) is 22.3. The number of rotatable bonds is 5. The topological polar surface area (TPSA) is 75.6 Å². The average Bonchev–Trinajstić information content (AvgIpc) is 2.86. The normalized spacial score (nSPS) is 32.9. The Labute approximate surface area is 94.2 Å². The number of amides is 1. The Hall–Kier alpha value is -1.10. The molecule has 0 aromatic rings. The molecule has 0 radical (unpaired) electrons. The van der Waals surface area contributed by atoms with E-state index in [0.29, 0.717) is 0 Å². The van der Waals surface area contributed by atoms with E-state index < -0.39 is 12.1 Å². The fraction of sp³-hybridized carbons (Fsp3) is 0.818. The maximum Gasteiger partial charge on any atom is 0.334 e. The first-order chi connectivity index (χ1) is 7.61. The lowest BCUT2D eigenvalue weighted by Gasteiger charge is -2.15. The van der Waals surface area contributed by atoms with Gasteiger partial charge in [-0.3, -0.25) is 4.79 Å². The highest BCUT2D eigenvalue weighted by molar-refractivity contribution is 5.80. The third-order valence-corrected chi connectivity index (χ3v) is 3.64. The smallest absolute Gasteiger partial charge is 0.334 e. The highest BCUT2D eigenvalue weighted by Crippen LogP contribution is 2.54. The second kappa shape index (κ2) is 4.41. The predicted molar refractivity (Wildman–Crippen MR) is 55.8 cm³/mol. The van der Waals surface area contributed by atoms with Crippen molar-refractivity contribution in [2.75, 3.05) is 13.7 Å². The van der Waals surface area contributed by atoms with Crippen LogP contribution < -0.4 is 5.32 Å². The quantitative estimate of drug-likeness (QED) is 0.706. The Balaban J connectivity index is 1.72. The van der Waals surface area contributed by atoms with Gasteiger partial charge < -0.3 is 15.2 Å². The number of hydrogen-bond donors (Lipinski definition) is 2. The molecule has 16 heavy (non-hydrogen) atoms. The van der Waals surface area contributed by atoms with E-state index in [9.17, 15) is 9.59 Å². The lowest BCUT2D eigenvalue weighted by Crippen LogP contribution is -2.40. The van der Waals surface area contributed by atoms with Crippen molar-refractivity contribution in [3.05, 3.63) is 0 Å². The van der Waals surface area contributed by atoms with Crippen LogP contribution in [0.4, 0.5) is 0 Å². The zero-order chi connectivity index (χ0) is 11.7. The maximum absolute atomic E-state index is 11.7. The Morgan fingerprint density at radius 2 is 2.00 bits per heavy atom. The summed E-state index contributed by atoms with van der Waals surface area (Å²) in [6.07, 6.45) is 2.28. The monoisotopic (exact) mass is 227 g/mol. The van der Waals surface area contributed by atoms with Gasteiger partial charge in [-0.25, -0.2) is 4.79 Å². The molecule has 3 unspecified atom stereocenters. The Bertz CT molecular complexity index is 294. The molecule has 2 aliphatic carbocycles. The minimum atomic E-state index is -1.04. The average molecular weight is 227 g/mol. The lowest BCUT2D eigenvalue weighted by atomic mass is 10.0. The van der Waals surface area contributed by atoms with E-state index in [4.69, 9.17) is 9.84 Å². The number of nitrogens with one attached hydrogen (secondary N) is 1. The standard InChI is InChI=1S/C11H17NO4/c1-16-9(11(14)15)5-12-10(13)8-3-6-2-7(6)4-8/h6-9H,2-5H2,1H3,(H,12,13)(H,14,15). The highest BCUT2D eigenvalue weighted by Gasteiger charge is 2.47. The summed E-state index contributed by atoms with van der Waals surface area (Å²) >= 11 is 0. The molecule has 2 fully saturated rings. The summed E-state index contributed by atoms with van der Waals surface area (Å²) in [6.45, 7) is 0.0521. The summed E-state index contributed by atoms with van der Waals surface area (Å²) in [6, 6.07) is 0. The number of methoxy groups -OCH3 is 1. The zero-order valence-corrected chi connectivity index (χ0v) is 9.31. The van der Waals surface area contributed by atoms with Crippen LogP contribution in [0.2, 0.25) is 0 Å². The summed E-state index contributed by atoms with van der Waals surface area (Å²) in [7, 11) is 1.33. The van der Waals surface area contributed by atoms with Gasteiger partial charge in [0.2, 0.25) is 5.91 Å². The zero-order valence-electron chi connectivity index (χ0n) is 9.31. The molecule has 0 saturated heterocycles. The molecule has 0 bridgehead atoms. The Kier molecular flexibility index (Phi) is 3.14. The SMILES string of the molecule is COC(CNC(=O)C1CC2CC2C1)C(=O)O. The van der Waals surface area contributed by atoms with E-state index in [2.05, 4.69) is 5.32 Å². The molecular weight excluding hydrogens is 210 g/mol. The molecule has 2 saturated carbocycles. The van der Waals surface area contributed by atoms with Crippen LogP contribution in [0.5, 0.6) is 0 Å². The third kappa shape index (κ3) is 2.35. The second-order valence-corrected chi connectivity index (χ2v) is 4.73. The van der Waals surface area contributed by atoms with Crippen LogP contribution in [0.25, 0.3) is 0 Å². The summed E-state index contributed by atoms with van der Waals surface area (Å²) in [5.41, 5.74) is 0. The van der Waals surface area contributed by atoms with Crippen LogP contribution in [0.15, 0.2) is 0 Å². The maximum atomic E-state index is 11.7. The Morgan fingerprint density at radius 3 is 2.50 bits per heavy atom. The van der Waals surface area contributed by atoms with Crippen LogP contribution >= 0.6 is 0 Å². The fourth-order valence-corrected chi connectivity index (χ4v) is 2.54. The Morgan fingerprint density at radius 1 is 1.38 bits per heavy atom. The number of carboxylic acid groups (broad SMARTS) is 1. The molecule has 2 rings (SSSR count). The van der Waals surface area contributed by atoms with Gasteiger partial charge >= 0.3 is 5.97 Å². The molecule has 5 heteroatoms. The molecule has 1 amide bonds. The van der Waals surface area contributed by atoms with Gasteiger partial charge in [-0.05, 0) is 31.1 Å². The van der Waals surface area contributed by atoms with Gasteiger partial charge in [0.05, 0.1) is 6.54 Å². The van der Waals surface area contributed by atoms with Gasteiger partial charge in [-0.1, -0.05) is 0 Å². The van der Waals surface area contributed by atoms with Crippen molar-refractivity contribution in [1.29, 1.82) is 0 Å². The summed E-state index contributed by atoms with van der Waals surface area (Å²) in [5, 5.41) is 11.4. The molecule has 0 aromatic carbocycles. The number of carbonyl (C=O) groups is 2. The van der Waals surface area contributed by atoms with Crippen molar-refractivity contribution in [3.63, 3.8) is 0 Å². The number of carboxylic acids is 1. The van der Waals surface area contributed by atoms with Gasteiger partial charge in [0.1, 0.15) is 0 Å².